The first-order chi connectivity index (χ1) is 10.7. The van der Waals surface area contributed by atoms with E-state index in [0.29, 0.717) is 12.3 Å². The number of hydrogen-bond acceptors (Lipinski definition) is 2. The molecule has 2 rings (SSSR count). The second-order valence-electron chi connectivity index (χ2n) is 4.94. The SMILES string of the molecule is CCCC(O)c1ccccc1.O=C(CCCl)c1ccccc1. The lowest BCUT2D eigenvalue weighted by atomic mass is 10.1. The fraction of sp³-hybridized carbons (Fsp3) is 0.316. The lowest BCUT2D eigenvalue weighted by molar-refractivity contribution is 0.0989. The van der Waals surface area contributed by atoms with Gasteiger partial charge in [0.1, 0.15) is 0 Å². The molecule has 0 aliphatic heterocycles. The summed E-state index contributed by atoms with van der Waals surface area (Å²) in [5.41, 5.74) is 1.77. The molecule has 2 aromatic carbocycles. The molecule has 22 heavy (non-hydrogen) atoms. The first-order valence-electron chi connectivity index (χ1n) is 7.56. The van der Waals surface area contributed by atoms with Crippen LogP contribution in [0.3, 0.4) is 0 Å². The summed E-state index contributed by atoms with van der Waals surface area (Å²) >= 11 is 5.43. The van der Waals surface area contributed by atoms with Crippen molar-refractivity contribution in [3.63, 3.8) is 0 Å². The summed E-state index contributed by atoms with van der Waals surface area (Å²) in [5, 5.41) is 9.52. The van der Waals surface area contributed by atoms with Crippen molar-refractivity contribution in [1.82, 2.24) is 0 Å². The Morgan fingerprint density at radius 3 is 2.09 bits per heavy atom. The Hall–Kier alpha value is -1.64. The topological polar surface area (TPSA) is 37.3 Å². The average Bonchev–Trinajstić information content (AvgIpc) is 2.57. The molecule has 0 bridgehead atoms. The van der Waals surface area contributed by atoms with Crippen molar-refractivity contribution in [3.8, 4) is 0 Å². The molecule has 0 heterocycles. The van der Waals surface area contributed by atoms with E-state index in [0.717, 1.165) is 24.0 Å². The molecule has 0 saturated carbocycles. The predicted molar refractivity (Wildman–Crippen MR) is 92.4 cm³/mol. The largest absolute Gasteiger partial charge is 0.388 e. The van der Waals surface area contributed by atoms with E-state index in [9.17, 15) is 9.90 Å². The van der Waals surface area contributed by atoms with Gasteiger partial charge in [0.05, 0.1) is 6.10 Å². The van der Waals surface area contributed by atoms with E-state index in [1.165, 1.54) is 0 Å². The number of ketones is 1. The fourth-order valence-corrected chi connectivity index (χ4v) is 2.14. The van der Waals surface area contributed by atoms with Gasteiger partial charge in [-0.1, -0.05) is 74.0 Å². The third kappa shape index (κ3) is 6.88. The van der Waals surface area contributed by atoms with Gasteiger partial charge in [0.25, 0.3) is 0 Å². The molecule has 3 heteroatoms. The standard InChI is InChI=1S/C10H14O.C9H9ClO/c1-2-6-10(11)9-7-4-3-5-8-9;10-7-6-9(11)8-4-2-1-3-5-8/h3-5,7-8,10-11H,2,6H2,1H3;1-5H,6-7H2. The molecule has 2 nitrogen and oxygen atoms in total. The summed E-state index contributed by atoms with van der Waals surface area (Å²) < 4.78 is 0. The van der Waals surface area contributed by atoms with Gasteiger partial charge in [-0.05, 0) is 12.0 Å². The summed E-state index contributed by atoms with van der Waals surface area (Å²) in [6.45, 7) is 2.08. The zero-order chi connectivity index (χ0) is 16.2. The highest BCUT2D eigenvalue weighted by atomic mass is 35.5. The van der Waals surface area contributed by atoms with Crippen molar-refractivity contribution < 1.29 is 9.90 Å². The highest BCUT2D eigenvalue weighted by molar-refractivity contribution is 6.19. The van der Waals surface area contributed by atoms with E-state index in [-0.39, 0.29) is 11.9 Å². The number of rotatable bonds is 6. The smallest absolute Gasteiger partial charge is 0.164 e. The zero-order valence-corrected chi connectivity index (χ0v) is 13.7. The molecule has 1 atom stereocenters. The predicted octanol–water partition coefficient (Wildman–Crippen LogP) is 5.02. The van der Waals surface area contributed by atoms with Crippen LogP contribution in [0.25, 0.3) is 0 Å². The van der Waals surface area contributed by atoms with E-state index in [2.05, 4.69) is 6.92 Å². The highest BCUT2D eigenvalue weighted by Gasteiger charge is 2.03. The van der Waals surface area contributed by atoms with Gasteiger partial charge < -0.3 is 5.11 Å². The minimum absolute atomic E-state index is 0.112. The molecular weight excluding hydrogens is 296 g/mol. The zero-order valence-electron chi connectivity index (χ0n) is 12.9. The van der Waals surface area contributed by atoms with Crippen LogP contribution in [0.5, 0.6) is 0 Å². The summed E-state index contributed by atoms with van der Waals surface area (Å²) in [6, 6.07) is 19.0. The van der Waals surface area contributed by atoms with Crippen LogP contribution in [0.1, 0.15) is 48.2 Å². The molecule has 0 amide bonds. The van der Waals surface area contributed by atoms with Crippen molar-refractivity contribution in [2.24, 2.45) is 0 Å². The Kier molecular flexibility index (Phi) is 9.20. The van der Waals surface area contributed by atoms with Gasteiger partial charge in [0.2, 0.25) is 0 Å². The van der Waals surface area contributed by atoms with Crippen LogP contribution in [-0.4, -0.2) is 16.8 Å². The highest BCUT2D eigenvalue weighted by Crippen LogP contribution is 2.16. The van der Waals surface area contributed by atoms with Crippen molar-refractivity contribution >= 4 is 17.4 Å². The van der Waals surface area contributed by atoms with Crippen LogP contribution in [0, 0.1) is 0 Å². The molecule has 1 unspecified atom stereocenters. The molecule has 0 radical (unpaired) electrons. The van der Waals surface area contributed by atoms with Gasteiger partial charge in [-0.2, -0.15) is 0 Å². The normalized spacial score (nSPS) is 11.2. The van der Waals surface area contributed by atoms with Crippen LogP contribution >= 0.6 is 11.6 Å². The number of carbonyl (C=O) groups excluding carboxylic acids is 1. The van der Waals surface area contributed by atoms with Crippen LogP contribution in [-0.2, 0) is 0 Å². The molecule has 2 aromatic rings. The number of alkyl halides is 1. The summed E-state index contributed by atoms with van der Waals surface area (Å²) in [6.07, 6.45) is 2.02. The molecule has 0 fully saturated rings. The van der Waals surface area contributed by atoms with E-state index in [1.54, 1.807) is 12.1 Å². The summed E-state index contributed by atoms with van der Waals surface area (Å²) in [5.74, 6) is 0.508. The van der Waals surface area contributed by atoms with Gasteiger partial charge in [-0.15, -0.1) is 11.6 Å². The van der Waals surface area contributed by atoms with Crippen molar-refractivity contribution in [3.05, 3.63) is 71.8 Å². The third-order valence-electron chi connectivity index (χ3n) is 3.16. The fourth-order valence-electron chi connectivity index (χ4n) is 1.97. The average molecular weight is 319 g/mol. The molecule has 0 aliphatic carbocycles. The maximum Gasteiger partial charge on any atom is 0.164 e. The molecule has 118 valence electrons. The van der Waals surface area contributed by atoms with Crippen LogP contribution in [0.2, 0.25) is 0 Å². The van der Waals surface area contributed by atoms with Crippen molar-refractivity contribution in [1.29, 1.82) is 0 Å². The Labute approximate surface area is 137 Å². The Balaban J connectivity index is 0.000000220. The summed E-state index contributed by atoms with van der Waals surface area (Å²) in [7, 11) is 0. The minimum atomic E-state index is -0.277. The molecule has 0 saturated heterocycles. The van der Waals surface area contributed by atoms with E-state index < -0.39 is 0 Å². The van der Waals surface area contributed by atoms with E-state index in [1.807, 2.05) is 48.5 Å². The lowest BCUT2D eigenvalue weighted by Gasteiger charge is -2.07. The number of Topliss-reactive ketones (excluding diaryl/α,β-unsaturated/α-hetero) is 1. The molecule has 0 aliphatic rings. The molecule has 1 N–H and O–H groups in total. The second-order valence-corrected chi connectivity index (χ2v) is 5.32. The second kappa shape index (κ2) is 11.0. The molecular formula is C19H23ClO2. The van der Waals surface area contributed by atoms with Gasteiger partial charge in [-0.25, -0.2) is 0 Å². The molecule has 0 spiro atoms. The number of benzene rings is 2. The van der Waals surface area contributed by atoms with Crippen molar-refractivity contribution in [2.45, 2.75) is 32.3 Å². The minimum Gasteiger partial charge on any atom is -0.388 e. The first kappa shape index (κ1) is 18.4. The van der Waals surface area contributed by atoms with E-state index >= 15 is 0 Å². The maximum absolute atomic E-state index is 11.2. The van der Waals surface area contributed by atoms with E-state index in [4.69, 9.17) is 11.6 Å². The van der Waals surface area contributed by atoms with Gasteiger partial charge in [0, 0.05) is 17.9 Å². The Bertz CT molecular complexity index is 526. The van der Waals surface area contributed by atoms with Crippen LogP contribution in [0.15, 0.2) is 60.7 Å². The van der Waals surface area contributed by atoms with Crippen molar-refractivity contribution in [2.75, 3.05) is 5.88 Å². The van der Waals surface area contributed by atoms with Gasteiger partial charge in [0.15, 0.2) is 5.78 Å². The quantitative estimate of drug-likeness (QED) is 0.600. The third-order valence-corrected chi connectivity index (χ3v) is 3.35. The summed E-state index contributed by atoms with van der Waals surface area (Å²) in [4.78, 5) is 11.2. The monoisotopic (exact) mass is 318 g/mol. The van der Waals surface area contributed by atoms with Crippen LogP contribution in [0.4, 0.5) is 0 Å². The Morgan fingerprint density at radius 2 is 1.59 bits per heavy atom. The Morgan fingerprint density at radius 1 is 1.05 bits per heavy atom. The number of hydrogen-bond donors (Lipinski definition) is 1. The van der Waals surface area contributed by atoms with Crippen LogP contribution < -0.4 is 0 Å². The maximum atomic E-state index is 11.2. The number of halogens is 1. The number of aliphatic hydroxyl groups is 1. The number of carbonyl (C=O) groups is 1. The lowest BCUT2D eigenvalue weighted by Crippen LogP contribution is -1.98. The van der Waals surface area contributed by atoms with Gasteiger partial charge in [-0.3, -0.25) is 4.79 Å². The van der Waals surface area contributed by atoms with Gasteiger partial charge >= 0.3 is 0 Å². The molecule has 0 aromatic heterocycles. The number of aliphatic hydroxyl groups excluding tert-OH is 1. The first-order valence-corrected chi connectivity index (χ1v) is 8.09.